The maximum Gasteiger partial charge on any atom is 0.321 e. The topological polar surface area (TPSA) is 105 Å². The standard InChI is InChI=1S/C15H27N7O2S/c1-11-6-4-5-7-12(11)16-14(24)17-13(23)10-25-15-18-19-20-22(15)9-8-21(2)3/h11-12H,4-10H2,1-3H3,(H2,16,17,23,24). The molecule has 1 aliphatic carbocycles. The summed E-state index contributed by atoms with van der Waals surface area (Å²) < 4.78 is 1.65. The average Bonchev–Trinajstić information content (AvgIpc) is 3.00. The van der Waals surface area contributed by atoms with Crippen LogP contribution in [0.5, 0.6) is 0 Å². The maximum atomic E-state index is 12.0. The molecule has 0 spiro atoms. The Morgan fingerprint density at radius 3 is 2.80 bits per heavy atom. The molecule has 2 N–H and O–H groups in total. The van der Waals surface area contributed by atoms with E-state index in [1.165, 1.54) is 18.2 Å². The lowest BCUT2D eigenvalue weighted by atomic mass is 9.86. The van der Waals surface area contributed by atoms with Crippen LogP contribution < -0.4 is 10.6 Å². The molecule has 25 heavy (non-hydrogen) atoms. The van der Waals surface area contributed by atoms with Crippen molar-refractivity contribution in [3.8, 4) is 0 Å². The second kappa shape index (κ2) is 9.71. The van der Waals surface area contributed by atoms with E-state index in [1.807, 2.05) is 19.0 Å². The molecule has 2 atom stereocenters. The second-order valence-corrected chi connectivity index (χ2v) is 7.61. The summed E-state index contributed by atoms with van der Waals surface area (Å²) in [6, 6.07) is -0.274. The summed E-state index contributed by atoms with van der Waals surface area (Å²) in [6.45, 7) is 3.58. The minimum atomic E-state index is -0.420. The number of likely N-dealkylation sites (N-methyl/N-ethyl adjacent to an activating group) is 1. The molecule has 2 unspecified atom stereocenters. The van der Waals surface area contributed by atoms with Gasteiger partial charge in [0.1, 0.15) is 0 Å². The molecule has 1 fully saturated rings. The van der Waals surface area contributed by atoms with E-state index in [9.17, 15) is 9.59 Å². The van der Waals surface area contributed by atoms with Gasteiger partial charge in [0.25, 0.3) is 0 Å². The number of thioether (sulfide) groups is 1. The Morgan fingerprint density at radius 1 is 1.32 bits per heavy atom. The lowest BCUT2D eigenvalue weighted by molar-refractivity contribution is -0.117. The van der Waals surface area contributed by atoms with Crippen molar-refractivity contribution in [2.24, 2.45) is 5.92 Å². The van der Waals surface area contributed by atoms with Crippen molar-refractivity contribution in [1.82, 2.24) is 35.7 Å². The van der Waals surface area contributed by atoms with Crippen LogP contribution in [0.25, 0.3) is 0 Å². The molecular weight excluding hydrogens is 342 g/mol. The molecule has 0 bridgehead atoms. The van der Waals surface area contributed by atoms with E-state index in [1.54, 1.807) is 4.68 Å². The predicted octanol–water partition coefficient (Wildman–Crippen LogP) is 0.731. The molecule has 10 heteroatoms. The molecule has 1 aromatic rings. The van der Waals surface area contributed by atoms with Crippen molar-refractivity contribution >= 4 is 23.7 Å². The first-order chi connectivity index (χ1) is 12.0. The highest BCUT2D eigenvalue weighted by molar-refractivity contribution is 7.99. The Bertz CT molecular complexity index is 578. The van der Waals surface area contributed by atoms with Gasteiger partial charge in [0.15, 0.2) is 0 Å². The summed E-state index contributed by atoms with van der Waals surface area (Å²) in [5, 5.41) is 17.3. The van der Waals surface area contributed by atoms with E-state index < -0.39 is 6.03 Å². The van der Waals surface area contributed by atoms with Crippen molar-refractivity contribution < 1.29 is 9.59 Å². The highest BCUT2D eigenvalue weighted by Gasteiger charge is 2.23. The smallest absolute Gasteiger partial charge is 0.321 e. The minimum absolute atomic E-state index is 0.0932. The monoisotopic (exact) mass is 369 g/mol. The molecule has 1 aliphatic rings. The highest BCUT2D eigenvalue weighted by Crippen LogP contribution is 2.23. The number of imide groups is 1. The van der Waals surface area contributed by atoms with E-state index in [-0.39, 0.29) is 17.7 Å². The number of nitrogens with one attached hydrogen (secondary N) is 2. The fourth-order valence-corrected chi connectivity index (χ4v) is 3.47. The molecule has 9 nitrogen and oxygen atoms in total. The molecule has 1 heterocycles. The SMILES string of the molecule is CC1CCCCC1NC(=O)NC(=O)CSc1nnnn1CCN(C)C. The van der Waals surface area contributed by atoms with Gasteiger partial charge in [-0.25, -0.2) is 9.48 Å². The number of tetrazole rings is 1. The lowest BCUT2D eigenvalue weighted by Gasteiger charge is -2.29. The first-order valence-electron chi connectivity index (χ1n) is 8.59. The number of aromatic nitrogens is 4. The number of carbonyl (C=O) groups excluding carboxylic acids is 2. The summed E-state index contributed by atoms with van der Waals surface area (Å²) in [6.07, 6.45) is 4.41. The van der Waals surface area contributed by atoms with Crippen molar-refractivity contribution in [3.63, 3.8) is 0 Å². The Morgan fingerprint density at radius 2 is 2.08 bits per heavy atom. The molecule has 0 radical (unpaired) electrons. The van der Waals surface area contributed by atoms with Crippen molar-refractivity contribution in [2.75, 3.05) is 26.4 Å². The van der Waals surface area contributed by atoms with E-state index in [0.717, 1.165) is 25.8 Å². The van der Waals surface area contributed by atoms with Crippen molar-refractivity contribution in [3.05, 3.63) is 0 Å². The van der Waals surface area contributed by atoms with E-state index in [0.29, 0.717) is 17.6 Å². The van der Waals surface area contributed by atoms with Crippen LogP contribution >= 0.6 is 11.8 Å². The van der Waals surface area contributed by atoms with Gasteiger partial charge < -0.3 is 10.2 Å². The number of nitrogens with zero attached hydrogens (tertiary/aromatic N) is 5. The summed E-state index contributed by atoms with van der Waals surface area (Å²) in [5.74, 6) is 0.189. The molecule has 2 rings (SSSR count). The van der Waals surface area contributed by atoms with Gasteiger partial charge in [0.05, 0.1) is 12.3 Å². The van der Waals surface area contributed by atoms with Crippen LogP contribution in [0.1, 0.15) is 32.6 Å². The van der Waals surface area contributed by atoms with Gasteiger partial charge in [-0.2, -0.15) is 0 Å². The van der Waals surface area contributed by atoms with Crippen LogP contribution in [-0.4, -0.2) is 69.5 Å². The zero-order valence-electron chi connectivity index (χ0n) is 15.1. The summed E-state index contributed by atoms with van der Waals surface area (Å²) in [4.78, 5) is 26.0. The average molecular weight is 369 g/mol. The van der Waals surface area contributed by atoms with Gasteiger partial charge >= 0.3 is 6.03 Å². The molecule has 0 aliphatic heterocycles. The minimum Gasteiger partial charge on any atom is -0.335 e. The maximum absolute atomic E-state index is 12.0. The zero-order chi connectivity index (χ0) is 18.2. The third-order valence-electron chi connectivity index (χ3n) is 4.27. The first kappa shape index (κ1) is 19.6. The Balaban J connectivity index is 1.73. The number of carbonyl (C=O) groups is 2. The van der Waals surface area contributed by atoms with Gasteiger partial charge in [-0.1, -0.05) is 31.5 Å². The quantitative estimate of drug-likeness (QED) is 0.683. The molecule has 3 amide bonds. The highest BCUT2D eigenvalue weighted by atomic mass is 32.2. The third kappa shape index (κ3) is 6.62. The predicted molar refractivity (Wildman–Crippen MR) is 95.2 cm³/mol. The number of hydrogen-bond acceptors (Lipinski definition) is 7. The zero-order valence-corrected chi connectivity index (χ0v) is 15.9. The number of hydrogen-bond donors (Lipinski definition) is 2. The van der Waals surface area contributed by atoms with Crippen molar-refractivity contribution in [1.29, 1.82) is 0 Å². The number of rotatable bonds is 7. The van der Waals surface area contributed by atoms with E-state index >= 15 is 0 Å². The van der Waals surface area contributed by atoms with Crippen LogP contribution in [0.2, 0.25) is 0 Å². The lowest BCUT2D eigenvalue weighted by Crippen LogP contribution is -2.48. The second-order valence-electron chi connectivity index (χ2n) is 6.67. The van der Waals surface area contributed by atoms with Crippen LogP contribution in [0.4, 0.5) is 4.79 Å². The molecule has 1 saturated carbocycles. The van der Waals surface area contributed by atoms with Gasteiger partial charge in [0, 0.05) is 12.6 Å². The van der Waals surface area contributed by atoms with Gasteiger partial charge in [0.2, 0.25) is 11.1 Å². The molecule has 1 aromatic heterocycles. The Labute approximate surface area is 152 Å². The van der Waals surface area contributed by atoms with Crippen LogP contribution in [-0.2, 0) is 11.3 Å². The Hall–Kier alpha value is -1.68. The first-order valence-corrected chi connectivity index (χ1v) is 9.58. The van der Waals surface area contributed by atoms with E-state index in [2.05, 4.69) is 33.1 Å². The molecule has 140 valence electrons. The van der Waals surface area contributed by atoms with Gasteiger partial charge in [-0.15, -0.1) is 5.10 Å². The fraction of sp³-hybridized carbons (Fsp3) is 0.800. The van der Waals surface area contributed by atoms with Gasteiger partial charge in [-0.3, -0.25) is 10.1 Å². The fourth-order valence-electron chi connectivity index (χ4n) is 2.76. The van der Waals surface area contributed by atoms with Gasteiger partial charge in [-0.05, 0) is 43.3 Å². The summed E-state index contributed by atoms with van der Waals surface area (Å²) in [7, 11) is 3.94. The van der Waals surface area contributed by atoms with Crippen LogP contribution in [0.15, 0.2) is 5.16 Å². The number of amides is 3. The summed E-state index contributed by atoms with van der Waals surface area (Å²) >= 11 is 1.22. The van der Waals surface area contributed by atoms with Crippen LogP contribution in [0, 0.1) is 5.92 Å². The Kier molecular flexibility index (Phi) is 7.63. The summed E-state index contributed by atoms with van der Waals surface area (Å²) in [5.41, 5.74) is 0. The van der Waals surface area contributed by atoms with Crippen molar-refractivity contribution in [2.45, 2.75) is 50.4 Å². The molecule has 0 saturated heterocycles. The third-order valence-corrected chi connectivity index (χ3v) is 5.23. The van der Waals surface area contributed by atoms with E-state index in [4.69, 9.17) is 0 Å². The normalized spacial score (nSPS) is 20.5. The largest absolute Gasteiger partial charge is 0.335 e. The number of urea groups is 1. The van der Waals surface area contributed by atoms with Crippen LogP contribution in [0.3, 0.4) is 0 Å². The molecule has 0 aromatic carbocycles. The molecular formula is C15H27N7O2S.